The van der Waals surface area contributed by atoms with Gasteiger partial charge in [-0.3, -0.25) is 19.3 Å². The van der Waals surface area contributed by atoms with Crippen LogP contribution < -0.4 is 11.1 Å². The highest BCUT2D eigenvalue weighted by molar-refractivity contribution is 7.92. The van der Waals surface area contributed by atoms with Gasteiger partial charge in [-0.05, 0) is 56.5 Å². The molecule has 5 amide bonds. The number of carbonyl (C=O) groups excluding carboxylic acids is 4. The fourth-order valence-corrected chi connectivity index (χ4v) is 8.64. The molecule has 10 nitrogen and oxygen atoms in total. The highest BCUT2D eigenvalue weighted by Crippen LogP contribution is 2.47. The minimum absolute atomic E-state index is 0.0179. The number of anilines is 1. The molecule has 1 aromatic heterocycles. The Labute approximate surface area is 219 Å². The average molecular weight is 547 g/mol. The third-order valence-corrected chi connectivity index (χ3v) is 11.3. The molecular formula is C25H30N4O6S2. The van der Waals surface area contributed by atoms with Crippen LogP contribution in [0.2, 0.25) is 0 Å². The summed E-state index contributed by atoms with van der Waals surface area (Å²) in [7, 11) is -2.05. The van der Waals surface area contributed by atoms with E-state index in [1.54, 1.807) is 44.2 Å². The lowest BCUT2D eigenvalue weighted by atomic mass is 9.94. The Morgan fingerprint density at radius 2 is 1.86 bits per heavy atom. The van der Waals surface area contributed by atoms with Gasteiger partial charge < -0.3 is 16.0 Å². The highest BCUT2D eigenvalue weighted by atomic mass is 32.2. The fourth-order valence-electron chi connectivity index (χ4n) is 4.85. The van der Waals surface area contributed by atoms with Gasteiger partial charge in [-0.25, -0.2) is 13.2 Å². The third kappa shape index (κ3) is 4.75. The van der Waals surface area contributed by atoms with Gasteiger partial charge in [0, 0.05) is 22.5 Å². The predicted octanol–water partition coefficient (Wildman–Crippen LogP) is 2.70. The van der Waals surface area contributed by atoms with Crippen LogP contribution >= 0.6 is 11.3 Å². The minimum atomic E-state index is -3.57. The van der Waals surface area contributed by atoms with Crippen molar-refractivity contribution in [1.29, 1.82) is 0 Å². The Morgan fingerprint density at radius 3 is 2.49 bits per heavy atom. The number of carbonyl (C=O) groups is 4. The van der Waals surface area contributed by atoms with Crippen molar-refractivity contribution in [3.05, 3.63) is 41.3 Å². The largest absolute Gasteiger partial charge is 0.370 e. The average Bonchev–Trinajstić information content (AvgIpc) is 3.37. The quantitative estimate of drug-likeness (QED) is 0.511. The third-order valence-electron chi connectivity index (χ3n) is 7.21. The molecule has 0 saturated carbocycles. The standard InChI is InChI=1S/C25H30N4O6S2/c1-24(2)22(32)29(23(33)28(24)3)15-21(31)27-17-8-6-7-16(13-17)18-9-10-19(36-18)25(14-20(26)30)11-4-5-12-37(25,34)35/h6-10,13H,4-5,11-12,14-15H2,1-3H3,(H2,26,30)(H,27,31). The van der Waals surface area contributed by atoms with Crippen molar-refractivity contribution < 1.29 is 27.6 Å². The van der Waals surface area contributed by atoms with E-state index in [-0.39, 0.29) is 12.2 Å². The van der Waals surface area contributed by atoms with Gasteiger partial charge >= 0.3 is 6.03 Å². The van der Waals surface area contributed by atoms with E-state index in [0.717, 1.165) is 15.3 Å². The SMILES string of the molecule is CN1C(=O)N(CC(=O)Nc2cccc(-c3ccc(C4(CC(N)=O)CCCCS4(=O)=O)s3)c2)C(=O)C1(C)C. The topological polar surface area (TPSA) is 147 Å². The molecule has 0 radical (unpaired) electrons. The van der Waals surface area contributed by atoms with Crippen molar-refractivity contribution >= 4 is 50.6 Å². The summed E-state index contributed by atoms with van der Waals surface area (Å²) in [5.41, 5.74) is 5.64. The molecule has 2 aliphatic rings. The van der Waals surface area contributed by atoms with Gasteiger partial charge in [0.15, 0.2) is 9.84 Å². The summed E-state index contributed by atoms with van der Waals surface area (Å²) in [5, 5.41) is 2.72. The summed E-state index contributed by atoms with van der Waals surface area (Å²) >= 11 is 1.29. The molecule has 0 bridgehead atoms. The van der Waals surface area contributed by atoms with Gasteiger partial charge in [-0.2, -0.15) is 0 Å². The first-order chi connectivity index (χ1) is 17.3. The molecule has 3 heterocycles. The Morgan fingerprint density at radius 1 is 1.14 bits per heavy atom. The molecule has 1 unspecified atom stereocenters. The zero-order valence-electron chi connectivity index (χ0n) is 20.9. The van der Waals surface area contributed by atoms with Crippen LogP contribution in [-0.4, -0.2) is 66.9 Å². The van der Waals surface area contributed by atoms with Crippen molar-refractivity contribution in [3.63, 3.8) is 0 Å². The number of urea groups is 1. The lowest BCUT2D eigenvalue weighted by Gasteiger charge is -2.35. The maximum Gasteiger partial charge on any atom is 0.327 e. The number of hydrogen-bond donors (Lipinski definition) is 2. The summed E-state index contributed by atoms with van der Waals surface area (Å²) in [6, 6.07) is 9.98. The molecule has 3 N–H and O–H groups in total. The number of thiophene rings is 1. The zero-order chi connectivity index (χ0) is 27.2. The van der Waals surface area contributed by atoms with Crippen molar-refractivity contribution in [2.45, 2.75) is 49.8 Å². The summed E-state index contributed by atoms with van der Waals surface area (Å²) in [5.74, 6) is -1.61. The number of sulfone groups is 1. The Balaban J connectivity index is 1.55. The first-order valence-corrected chi connectivity index (χ1v) is 14.4. The molecule has 37 heavy (non-hydrogen) atoms. The van der Waals surface area contributed by atoms with Crippen LogP contribution in [0.25, 0.3) is 10.4 Å². The van der Waals surface area contributed by atoms with Gasteiger partial charge in [0.05, 0.1) is 12.2 Å². The molecule has 198 valence electrons. The Bertz CT molecular complexity index is 1380. The molecule has 1 atom stereocenters. The second-order valence-electron chi connectivity index (χ2n) is 10.00. The van der Waals surface area contributed by atoms with E-state index in [1.165, 1.54) is 23.3 Å². The Hall–Kier alpha value is -3.25. The molecule has 2 aliphatic heterocycles. The molecule has 0 spiro atoms. The smallest absolute Gasteiger partial charge is 0.327 e. The van der Waals surface area contributed by atoms with Gasteiger partial charge in [0.25, 0.3) is 5.91 Å². The number of benzene rings is 1. The van der Waals surface area contributed by atoms with E-state index >= 15 is 0 Å². The fraction of sp³-hybridized carbons (Fsp3) is 0.440. The molecule has 2 fully saturated rings. The molecule has 12 heteroatoms. The number of amides is 5. The summed E-state index contributed by atoms with van der Waals surface area (Å²) in [4.78, 5) is 53.1. The molecule has 2 aromatic rings. The van der Waals surface area contributed by atoms with Crippen LogP contribution in [0.1, 0.15) is 44.4 Å². The summed E-state index contributed by atoms with van der Waals surface area (Å²) in [6.45, 7) is 2.83. The van der Waals surface area contributed by atoms with Crippen LogP contribution in [0.3, 0.4) is 0 Å². The van der Waals surface area contributed by atoms with Crippen LogP contribution in [0, 0.1) is 0 Å². The second kappa shape index (κ2) is 9.56. The van der Waals surface area contributed by atoms with E-state index in [4.69, 9.17) is 5.73 Å². The van der Waals surface area contributed by atoms with Crippen molar-refractivity contribution in [2.75, 3.05) is 24.7 Å². The number of nitrogens with one attached hydrogen (secondary N) is 1. The summed E-state index contributed by atoms with van der Waals surface area (Å²) < 4.78 is 24.9. The molecule has 2 saturated heterocycles. The van der Waals surface area contributed by atoms with Crippen molar-refractivity contribution in [3.8, 4) is 10.4 Å². The van der Waals surface area contributed by atoms with Crippen molar-refractivity contribution in [2.24, 2.45) is 5.73 Å². The molecule has 0 aliphatic carbocycles. The monoisotopic (exact) mass is 546 g/mol. The first kappa shape index (κ1) is 26.8. The van der Waals surface area contributed by atoms with Gasteiger partial charge in [-0.15, -0.1) is 11.3 Å². The van der Waals surface area contributed by atoms with Crippen LogP contribution in [0.4, 0.5) is 10.5 Å². The van der Waals surface area contributed by atoms with Crippen LogP contribution in [-0.2, 0) is 29.0 Å². The molecule has 4 rings (SSSR count). The van der Waals surface area contributed by atoms with Crippen LogP contribution in [0.5, 0.6) is 0 Å². The van der Waals surface area contributed by atoms with E-state index < -0.39 is 50.4 Å². The van der Waals surface area contributed by atoms with E-state index in [2.05, 4.69) is 5.32 Å². The highest BCUT2D eigenvalue weighted by Gasteiger charge is 2.50. The lowest BCUT2D eigenvalue weighted by molar-refractivity contribution is -0.134. The van der Waals surface area contributed by atoms with E-state index in [0.29, 0.717) is 29.8 Å². The lowest BCUT2D eigenvalue weighted by Crippen LogP contribution is -2.43. The number of primary amides is 1. The number of likely N-dealkylation sites (N-methyl/N-ethyl adjacent to an activating group) is 1. The van der Waals surface area contributed by atoms with Gasteiger partial charge in [0.2, 0.25) is 11.8 Å². The predicted molar refractivity (Wildman–Crippen MR) is 140 cm³/mol. The van der Waals surface area contributed by atoms with E-state index in [9.17, 15) is 27.6 Å². The second-order valence-corrected chi connectivity index (χ2v) is 13.5. The first-order valence-electron chi connectivity index (χ1n) is 11.9. The van der Waals surface area contributed by atoms with Gasteiger partial charge in [-0.1, -0.05) is 18.6 Å². The van der Waals surface area contributed by atoms with Crippen molar-refractivity contribution in [1.82, 2.24) is 9.80 Å². The molecule has 1 aromatic carbocycles. The molecular weight excluding hydrogens is 516 g/mol. The summed E-state index contributed by atoms with van der Waals surface area (Å²) in [6.07, 6.45) is 1.33. The Kier molecular flexibility index (Phi) is 6.93. The minimum Gasteiger partial charge on any atom is -0.370 e. The zero-order valence-corrected chi connectivity index (χ0v) is 22.6. The van der Waals surface area contributed by atoms with E-state index in [1.807, 2.05) is 6.07 Å². The number of nitrogens with zero attached hydrogens (tertiary/aromatic N) is 2. The maximum atomic E-state index is 13.1. The number of rotatable bonds is 7. The van der Waals surface area contributed by atoms with Gasteiger partial charge in [0.1, 0.15) is 16.8 Å². The normalized spacial score (nSPS) is 22.8. The number of imide groups is 1. The number of nitrogens with two attached hydrogens (primary N) is 1. The maximum absolute atomic E-state index is 13.1. The number of hydrogen-bond acceptors (Lipinski definition) is 7. The van der Waals surface area contributed by atoms with Crippen LogP contribution in [0.15, 0.2) is 36.4 Å².